The van der Waals surface area contributed by atoms with Crippen molar-refractivity contribution >= 4 is 5.69 Å². The van der Waals surface area contributed by atoms with Gasteiger partial charge >= 0.3 is 0 Å². The number of benzene rings is 1. The fourth-order valence-electron chi connectivity index (χ4n) is 1.69. The molecule has 19 heavy (non-hydrogen) atoms. The average molecular weight is 260 g/mol. The summed E-state index contributed by atoms with van der Waals surface area (Å²) >= 11 is 0. The molecular formula is C14H20N4O. The number of nitrogens with zero attached hydrogens (tertiary/aromatic N) is 3. The molecule has 0 unspecified atom stereocenters. The first-order chi connectivity index (χ1) is 9.15. The quantitative estimate of drug-likeness (QED) is 0.638. The van der Waals surface area contributed by atoms with Gasteiger partial charge in [-0.1, -0.05) is 26.0 Å². The van der Waals surface area contributed by atoms with Gasteiger partial charge in [0.25, 0.3) is 0 Å². The molecule has 0 aliphatic carbocycles. The number of anilines is 1. The number of ether oxygens (including phenoxy) is 1. The second-order valence-electron chi connectivity index (χ2n) is 4.93. The van der Waals surface area contributed by atoms with Gasteiger partial charge in [-0.25, -0.2) is 4.98 Å². The minimum Gasteiger partial charge on any atom is -0.399 e. The van der Waals surface area contributed by atoms with E-state index < -0.39 is 0 Å². The lowest BCUT2D eigenvalue weighted by Gasteiger charge is -2.06. The van der Waals surface area contributed by atoms with Gasteiger partial charge in [-0.3, -0.25) is 4.68 Å². The molecule has 0 bridgehead atoms. The maximum atomic E-state index is 5.75. The second kappa shape index (κ2) is 6.33. The third kappa shape index (κ3) is 4.06. The Hall–Kier alpha value is -1.88. The smallest absolute Gasteiger partial charge is 0.181 e. The lowest BCUT2D eigenvalue weighted by Crippen LogP contribution is -2.09. The van der Waals surface area contributed by atoms with E-state index in [9.17, 15) is 0 Å². The standard InChI is InChI=1S/C14H20N4O/c1-11(2)9-19-7-6-18-10-16-14(17-18)12-4-3-5-13(15)8-12/h3-5,8,10-11H,6-7,9,15H2,1-2H3. The Morgan fingerprint density at radius 3 is 2.95 bits per heavy atom. The Bertz CT molecular complexity index is 522. The monoisotopic (exact) mass is 260 g/mol. The molecule has 0 atom stereocenters. The normalized spacial score (nSPS) is 11.1. The molecule has 102 valence electrons. The van der Waals surface area contributed by atoms with Gasteiger partial charge < -0.3 is 10.5 Å². The summed E-state index contributed by atoms with van der Waals surface area (Å²) in [6, 6.07) is 7.57. The highest BCUT2D eigenvalue weighted by Gasteiger charge is 2.04. The van der Waals surface area contributed by atoms with E-state index in [4.69, 9.17) is 10.5 Å². The van der Waals surface area contributed by atoms with Gasteiger partial charge in [0, 0.05) is 17.9 Å². The molecule has 2 aromatic rings. The first-order valence-electron chi connectivity index (χ1n) is 6.48. The van der Waals surface area contributed by atoms with Crippen LogP contribution in [0.3, 0.4) is 0 Å². The molecule has 0 aliphatic heterocycles. The highest BCUT2D eigenvalue weighted by Crippen LogP contribution is 2.16. The molecule has 0 spiro atoms. The number of hydrogen-bond acceptors (Lipinski definition) is 4. The minimum absolute atomic E-state index is 0.554. The van der Waals surface area contributed by atoms with E-state index in [0.717, 1.165) is 12.2 Å². The van der Waals surface area contributed by atoms with Crippen molar-refractivity contribution in [2.24, 2.45) is 5.92 Å². The van der Waals surface area contributed by atoms with Crippen molar-refractivity contribution in [2.45, 2.75) is 20.4 Å². The van der Waals surface area contributed by atoms with E-state index in [0.29, 0.717) is 30.6 Å². The average Bonchev–Trinajstić information content (AvgIpc) is 2.83. The van der Waals surface area contributed by atoms with Crippen LogP contribution in [0.1, 0.15) is 13.8 Å². The van der Waals surface area contributed by atoms with Crippen molar-refractivity contribution in [3.8, 4) is 11.4 Å². The van der Waals surface area contributed by atoms with Crippen LogP contribution in [0.15, 0.2) is 30.6 Å². The molecule has 0 amide bonds. The molecule has 1 aromatic heterocycles. The van der Waals surface area contributed by atoms with Crippen molar-refractivity contribution in [3.63, 3.8) is 0 Å². The Labute approximate surface area is 113 Å². The van der Waals surface area contributed by atoms with Crippen LogP contribution in [0.2, 0.25) is 0 Å². The van der Waals surface area contributed by atoms with Crippen LogP contribution in [0, 0.1) is 5.92 Å². The minimum atomic E-state index is 0.554. The summed E-state index contributed by atoms with van der Waals surface area (Å²) in [6.45, 7) is 6.40. The first kappa shape index (κ1) is 13.5. The molecule has 0 radical (unpaired) electrons. The van der Waals surface area contributed by atoms with E-state index in [1.807, 2.05) is 24.3 Å². The maximum absolute atomic E-state index is 5.75. The second-order valence-corrected chi connectivity index (χ2v) is 4.93. The third-order valence-corrected chi connectivity index (χ3v) is 2.60. The molecule has 0 saturated heterocycles. The van der Waals surface area contributed by atoms with Gasteiger partial charge in [-0.2, -0.15) is 5.10 Å². The first-order valence-corrected chi connectivity index (χ1v) is 6.48. The summed E-state index contributed by atoms with van der Waals surface area (Å²) in [7, 11) is 0. The van der Waals surface area contributed by atoms with E-state index in [2.05, 4.69) is 23.9 Å². The Kier molecular flexibility index (Phi) is 4.52. The van der Waals surface area contributed by atoms with E-state index in [1.165, 1.54) is 0 Å². The topological polar surface area (TPSA) is 66.0 Å². The van der Waals surface area contributed by atoms with Gasteiger partial charge in [-0.15, -0.1) is 0 Å². The zero-order valence-electron chi connectivity index (χ0n) is 11.4. The van der Waals surface area contributed by atoms with Crippen molar-refractivity contribution in [2.75, 3.05) is 18.9 Å². The predicted molar refractivity (Wildman–Crippen MR) is 75.5 cm³/mol. The van der Waals surface area contributed by atoms with Gasteiger partial charge in [-0.05, 0) is 18.1 Å². The van der Waals surface area contributed by atoms with E-state index >= 15 is 0 Å². The fraction of sp³-hybridized carbons (Fsp3) is 0.429. The van der Waals surface area contributed by atoms with Crippen molar-refractivity contribution < 1.29 is 4.74 Å². The van der Waals surface area contributed by atoms with Crippen LogP contribution >= 0.6 is 0 Å². The van der Waals surface area contributed by atoms with Crippen LogP contribution < -0.4 is 5.73 Å². The summed E-state index contributed by atoms with van der Waals surface area (Å²) in [4.78, 5) is 4.28. The van der Waals surface area contributed by atoms with Crippen LogP contribution in [0.5, 0.6) is 0 Å². The van der Waals surface area contributed by atoms with Crippen molar-refractivity contribution in [3.05, 3.63) is 30.6 Å². The van der Waals surface area contributed by atoms with Gasteiger partial charge in [0.15, 0.2) is 5.82 Å². The fourth-order valence-corrected chi connectivity index (χ4v) is 1.69. The molecule has 0 aliphatic rings. The molecule has 5 nitrogen and oxygen atoms in total. The number of nitrogens with two attached hydrogens (primary N) is 1. The molecule has 1 aromatic carbocycles. The van der Waals surface area contributed by atoms with E-state index in [-0.39, 0.29) is 0 Å². The SMILES string of the molecule is CC(C)COCCn1cnc(-c2cccc(N)c2)n1. The number of aromatic nitrogens is 3. The summed E-state index contributed by atoms with van der Waals surface area (Å²) in [6.07, 6.45) is 1.72. The van der Waals surface area contributed by atoms with Crippen LogP contribution in [-0.4, -0.2) is 28.0 Å². The van der Waals surface area contributed by atoms with Crippen molar-refractivity contribution in [1.82, 2.24) is 14.8 Å². The van der Waals surface area contributed by atoms with Crippen LogP contribution in [0.25, 0.3) is 11.4 Å². The summed E-state index contributed by atoms with van der Waals surface area (Å²) < 4.78 is 7.31. The maximum Gasteiger partial charge on any atom is 0.181 e. The van der Waals surface area contributed by atoms with Crippen LogP contribution in [0.4, 0.5) is 5.69 Å². The zero-order chi connectivity index (χ0) is 13.7. The molecule has 0 saturated carbocycles. The molecule has 2 N–H and O–H groups in total. The Morgan fingerprint density at radius 1 is 1.37 bits per heavy atom. The number of hydrogen-bond donors (Lipinski definition) is 1. The summed E-state index contributed by atoms with van der Waals surface area (Å²) in [5.74, 6) is 1.25. The molecule has 0 fully saturated rings. The summed E-state index contributed by atoms with van der Waals surface area (Å²) in [5.41, 5.74) is 7.40. The molecule has 5 heteroatoms. The largest absolute Gasteiger partial charge is 0.399 e. The highest BCUT2D eigenvalue weighted by atomic mass is 16.5. The molecular weight excluding hydrogens is 240 g/mol. The van der Waals surface area contributed by atoms with Gasteiger partial charge in [0.05, 0.1) is 13.2 Å². The van der Waals surface area contributed by atoms with Crippen molar-refractivity contribution in [1.29, 1.82) is 0 Å². The number of rotatable bonds is 6. The van der Waals surface area contributed by atoms with Gasteiger partial charge in [0.2, 0.25) is 0 Å². The number of nitrogen functional groups attached to an aromatic ring is 1. The van der Waals surface area contributed by atoms with Crippen LogP contribution in [-0.2, 0) is 11.3 Å². The zero-order valence-corrected chi connectivity index (χ0v) is 11.4. The summed E-state index contributed by atoms with van der Waals surface area (Å²) in [5, 5.41) is 4.41. The third-order valence-electron chi connectivity index (χ3n) is 2.60. The lowest BCUT2D eigenvalue weighted by molar-refractivity contribution is 0.101. The Balaban J connectivity index is 1.92. The Morgan fingerprint density at radius 2 is 2.21 bits per heavy atom. The molecule has 1 heterocycles. The highest BCUT2D eigenvalue weighted by molar-refractivity contribution is 5.60. The molecule has 2 rings (SSSR count). The van der Waals surface area contributed by atoms with Gasteiger partial charge in [0.1, 0.15) is 6.33 Å². The van der Waals surface area contributed by atoms with E-state index in [1.54, 1.807) is 11.0 Å². The predicted octanol–water partition coefficient (Wildman–Crippen LogP) is 2.20. The lowest BCUT2D eigenvalue weighted by atomic mass is 10.2.